The van der Waals surface area contributed by atoms with E-state index in [0.717, 1.165) is 16.2 Å². The van der Waals surface area contributed by atoms with E-state index in [9.17, 15) is 9.59 Å². The molecule has 2 N–H and O–H groups in total. The topological polar surface area (TPSA) is 84.0 Å². The quantitative estimate of drug-likeness (QED) is 0.444. The summed E-state index contributed by atoms with van der Waals surface area (Å²) in [6.45, 7) is 5.85. The van der Waals surface area contributed by atoms with Gasteiger partial charge in [-0.25, -0.2) is 0 Å². The monoisotopic (exact) mass is 458 g/mol. The Bertz CT molecular complexity index is 1000. The lowest BCUT2D eigenvalue weighted by Gasteiger charge is -2.11. The number of thioether (sulfide) groups is 2. The van der Waals surface area contributed by atoms with Gasteiger partial charge in [-0.1, -0.05) is 36.4 Å². The third kappa shape index (κ3) is 6.32. The lowest BCUT2D eigenvalue weighted by atomic mass is 10.1. The van der Waals surface area contributed by atoms with E-state index in [0.29, 0.717) is 21.5 Å². The number of carbonyl (C=O) groups is 2. The maximum Gasteiger partial charge on any atom is 0.255 e. The summed E-state index contributed by atoms with van der Waals surface area (Å²) in [5.41, 5.74) is 2.43. The number of aryl methyl sites for hydroxylation is 1. The standard InChI is InChI=1S/C21H22N4O2S3/c1-4-28-21-24-20(30-25-21)23-18(26)14(3)29-17-11-9-16(10-12-17)22-19(27)15-7-5-13(2)6-8-15/h5-12,14H,4H2,1-3H3,(H,22,27)(H,23,24,25,26). The van der Waals surface area contributed by atoms with Crippen LogP contribution in [0, 0.1) is 6.92 Å². The number of benzene rings is 2. The largest absolute Gasteiger partial charge is 0.322 e. The number of carbonyl (C=O) groups excluding carboxylic acids is 2. The van der Waals surface area contributed by atoms with Crippen LogP contribution in [-0.4, -0.2) is 32.2 Å². The molecule has 0 saturated carbocycles. The molecule has 156 valence electrons. The third-order valence-corrected chi connectivity index (χ3v) is 6.61. The highest BCUT2D eigenvalue weighted by Gasteiger charge is 2.17. The van der Waals surface area contributed by atoms with Gasteiger partial charge in [-0.15, -0.1) is 11.8 Å². The molecule has 0 radical (unpaired) electrons. The Labute approximate surface area is 188 Å². The molecular formula is C21H22N4O2S3. The third-order valence-electron chi connectivity index (χ3n) is 4.02. The second kappa shape index (κ2) is 10.6. The van der Waals surface area contributed by atoms with Gasteiger partial charge in [0.15, 0.2) is 0 Å². The van der Waals surface area contributed by atoms with Crippen LogP contribution >= 0.6 is 35.1 Å². The molecule has 30 heavy (non-hydrogen) atoms. The number of rotatable bonds is 8. The molecule has 0 bridgehead atoms. The molecule has 1 atom stereocenters. The zero-order chi connectivity index (χ0) is 21.5. The minimum absolute atomic E-state index is 0.124. The average Bonchev–Trinajstić information content (AvgIpc) is 3.17. The predicted molar refractivity (Wildman–Crippen MR) is 126 cm³/mol. The van der Waals surface area contributed by atoms with Crippen LogP contribution in [0.25, 0.3) is 0 Å². The molecule has 1 heterocycles. The molecule has 0 aliphatic rings. The first-order chi connectivity index (χ1) is 14.4. The highest BCUT2D eigenvalue weighted by Crippen LogP contribution is 2.26. The van der Waals surface area contributed by atoms with Crippen LogP contribution < -0.4 is 10.6 Å². The second-order valence-corrected chi connectivity index (χ2v) is 9.81. The number of anilines is 2. The van der Waals surface area contributed by atoms with Crippen LogP contribution in [0.2, 0.25) is 0 Å². The van der Waals surface area contributed by atoms with Crippen molar-refractivity contribution in [2.75, 3.05) is 16.4 Å². The Morgan fingerprint density at radius 3 is 2.43 bits per heavy atom. The number of aromatic nitrogens is 2. The van der Waals surface area contributed by atoms with Gasteiger partial charge >= 0.3 is 0 Å². The maximum absolute atomic E-state index is 12.4. The summed E-state index contributed by atoms with van der Waals surface area (Å²) in [7, 11) is 0. The molecule has 3 aromatic rings. The van der Waals surface area contributed by atoms with E-state index < -0.39 is 0 Å². The lowest BCUT2D eigenvalue weighted by molar-refractivity contribution is -0.115. The lowest BCUT2D eigenvalue weighted by Crippen LogP contribution is -2.22. The predicted octanol–water partition coefficient (Wildman–Crippen LogP) is 5.33. The van der Waals surface area contributed by atoms with Gasteiger partial charge in [0.1, 0.15) is 0 Å². The normalized spacial score (nSPS) is 11.7. The molecule has 2 aromatic carbocycles. The van der Waals surface area contributed by atoms with Gasteiger partial charge in [-0.3, -0.25) is 14.9 Å². The molecule has 0 aliphatic carbocycles. The minimum Gasteiger partial charge on any atom is -0.322 e. The summed E-state index contributed by atoms with van der Waals surface area (Å²) >= 11 is 4.17. The minimum atomic E-state index is -0.302. The molecule has 0 aliphatic heterocycles. The van der Waals surface area contributed by atoms with Gasteiger partial charge in [0.05, 0.1) is 5.25 Å². The maximum atomic E-state index is 12.4. The average molecular weight is 459 g/mol. The van der Waals surface area contributed by atoms with Crippen LogP contribution in [0.5, 0.6) is 0 Å². The van der Waals surface area contributed by atoms with E-state index in [1.165, 1.54) is 23.3 Å². The van der Waals surface area contributed by atoms with Crippen LogP contribution in [0.1, 0.15) is 29.8 Å². The molecule has 2 amide bonds. The van der Waals surface area contributed by atoms with Crippen molar-refractivity contribution in [3.63, 3.8) is 0 Å². The Morgan fingerprint density at radius 1 is 1.07 bits per heavy atom. The van der Waals surface area contributed by atoms with Gasteiger partial charge in [0.2, 0.25) is 16.2 Å². The Balaban J connectivity index is 1.53. The van der Waals surface area contributed by atoms with Crippen molar-refractivity contribution < 1.29 is 9.59 Å². The SMILES string of the molecule is CCSc1nsc(NC(=O)C(C)Sc2ccc(NC(=O)c3ccc(C)cc3)cc2)n1. The summed E-state index contributed by atoms with van der Waals surface area (Å²) in [6, 6.07) is 14.9. The van der Waals surface area contributed by atoms with E-state index in [2.05, 4.69) is 20.0 Å². The first-order valence-corrected chi connectivity index (χ1v) is 12.0. The van der Waals surface area contributed by atoms with Crippen molar-refractivity contribution >= 4 is 57.7 Å². The number of amides is 2. The van der Waals surface area contributed by atoms with E-state index in [-0.39, 0.29) is 17.1 Å². The fourth-order valence-electron chi connectivity index (χ4n) is 2.44. The number of nitrogens with zero attached hydrogens (tertiary/aromatic N) is 2. The summed E-state index contributed by atoms with van der Waals surface area (Å²) in [5.74, 6) is 0.611. The second-order valence-electron chi connectivity index (χ2n) is 6.41. The van der Waals surface area contributed by atoms with Crippen LogP contribution in [-0.2, 0) is 4.79 Å². The molecule has 0 fully saturated rings. The van der Waals surface area contributed by atoms with Gasteiger partial charge in [0.25, 0.3) is 5.91 Å². The molecule has 0 spiro atoms. The summed E-state index contributed by atoms with van der Waals surface area (Å²) < 4.78 is 4.20. The summed E-state index contributed by atoms with van der Waals surface area (Å²) in [5, 5.41) is 6.59. The van der Waals surface area contributed by atoms with Crippen molar-refractivity contribution in [2.24, 2.45) is 0 Å². The first-order valence-electron chi connectivity index (χ1n) is 9.36. The van der Waals surface area contributed by atoms with Gasteiger partial charge in [-0.2, -0.15) is 9.36 Å². The fourth-order valence-corrected chi connectivity index (χ4v) is 4.58. The molecule has 9 heteroatoms. The van der Waals surface area contributed by atoms with Crippen molar-refractivity contribution in [3.05, 3.63) is 59.7 Å². The van der Waals surface area contributed by atoms with Gasteiger partial charge in [-0.05, 0) is 56.0 Å². The van der Waals surface area contributed by atoms with E-state index in [4.69, 9.17) is 0 Å². The van der Waals surface area contributed by atoms with E-state index >= 15 is 0 Å². The summed E-state index contributed by atoms with van der Waals surface area (Å²) in [4.78, 5) is 30.0. The molecule has 3 rings (SSSR count). The molecule has 1 aromatic heterocycles. The van der Waals surface area contributed by atoms with Gasteiger partial charge < -0.3 is 5.32 Å². The Morgan fingerprint density at radius 2 is 1.77 bits per heavy atom. The van der Waals surface area contributed by atoms with Crippen LogP contribution in [0.3, 0.4) is 0 Å². The van der Waals surface area contributed by atoms with E-state index in [1.54, 1.807) is 23.9 Å². The highest BCUT2D eigenvalue weighted by molar-refractivity contribution is 8.00. The fraction of sp³-hybridized carbons (Fsp3) is 0.238. The van der Waals surface area contributed by atoms with Crippen LogP contribution in [0.4, 0.5) is 10.8 Å². The molecule has 1 unspecified atom stereocenters. The number of nitrogens with one attached hydrogen (secondary N) is 2. The summed E-state index contributed by atoms with van der Waals surface area (Å²) in [6.07, 6.45) is 0. The van der Waals surface area contributed by atoms with Crippen LogP contribution in [0.15, 0.2) is 58.6 Å². The zero-order valence-electron chi connectivity index (χ0n) is 16.8. The van der Waals surface area contributed by atoms with E-state index in [1.807, 2.05) is 57.2 Å². The number of hydrogen-bond acceptors (Lipinski definition) is 7. The Hall–Kier alpha value is -2.36. The number of hydrogen-bond donors (Lipinski definition) is 2. The first kappa shape index (κ1) is 22.3. The van der Waals surface area contributed by atoms with Crippen molar-refractivity contribution in [1.82, 2.24) is 9.36 Å². The molecular weight excluding hydrogens is 436 g/mol. The molecule has 6 nitrogen and oxygen atoms in total. The van der Waals surface area contributed by atoms with Gasteiger partial charge in [0, 0.05) is 27.7 Å². The Kier molecular flexibility index (Phi) is 7.89. The smallest absolute Gasteiger partial charge is 0.255 e. The van der Waals surface area contributed by atoms with Crippen molar-refractivity contribution in [3.8, 4) is 0 Å². The zero-order valence-corrected chi connectivity index (χ0v) is 19.3. The highest BCUT2D eigenvalue weighted by atomic mass is 32.2. The van der Waals surface area contributed by atoms with Crippen molar-refractivity contribution in [2.45, 2.75) is 36.1 Å². The molecule has 0 saturated heterocycles. The van der Waals surface area contributed by atoms with Crippen molar-refractivity contribution in [1.29, 1.82) is 0 Å².